The number of benzene rings is 3. The van der Waals surface area contributed by atoms with Crippen LogP contribution in [-0.2, 0) is 4.74 Å². The van der Waals surface area contributed by atoms with Crippen LogP contribution in [0.5, 0.6) is 0 Å². The predicted molar refractivity (Wildman–Crippen MR) is 128 cm³/mol. The summed E-state index contributed by atoms with van der Waals surface area (Å²) in [5.74, 6) is 2.07. The molecule has 0 unspecified atom stereocenters. The van der Waals surface area contributed by atoms with E-state index in [-0.39, 0.29) is 12.2 Å². The van der Waals surface area contributed by atoms with Crippen LogP contribution in [-0.4, -0.2) is 0 Å². The molecule has 3 aromatic carbocycles. The van der Waals surface area contributed by atoms with Gasteiger partial charge in [-0.15, -0.1) is 0 Å². The highest BCUT2D eigenvalue weighted by Crippen LogP contribution is 2.68. The molecular weight excluding hydrogens is 512 g/mol. The lowest BCUT2D eigenvalue weighted by Crippen LogP contribution is -2.36. The molecule has 31 heavy (non-hydrogen) atoms. The molecule has 3 heteroatoms. The third kappa shape index (κ3) is 2.11. The average molecular weight is 532 g/mol. The Morgan fingerprint density at radius 2 is 0.968 bits per heavy atom. The van der Waals surface area contributed by atoms with Crippen LogP contribution in [0.25, 0.3) is 0 Å². The number of allylic oxidation sites excluding steroid dienone is 2. The maximum atomic E-state index is 6.68. The number of hydrogen-bond acceptors (Lipinski definition) is 1. The molecule has 4 bridgehead atoms. The fourth-order valence-corrected chi connectivity index (χ4v) is 8.26. The molecular formula is C28H20Br2O. The minimum absolute atomic E-state index is 0.245. The molecule has 4 atom stereocenters. The summed E-state index contributed by atoms with van der Waals surface area (Å²) in [5, 5.41) is 0. The second-order valence-corrected chi connectivity index (χ2v) is 11.5. The molecule has 3 aromatic rings. The van der Waals surface area contributed by atoms with E-state index in [0.717, 1.165) is 8.95 Å². The summed E-state index contributed by atoms with van der Waals surface area (Å²) in [7, 11) is 0. The largest absolute Gasteiger partial charge is 0.365 e. The number of halogens is 2. The van der Waals surface area contributed by atoms with E-state index in [4.69, 9.17) is 4.74 Å². The molecule has 1 saturated heterocycles. The number of rotatable bonds is 0. The summed E-state index contributed by atoms with van der Waals surface area (Å²) in [6.07, 6.45) is 2.85. The molecule has 0 spiro atoms. The van der Waals surface area contributed by atoms with E-state index >= 15 is 0 Å². The van der Waals surface area contributed by atoms with Gasteiger partial charge >= 0.3 is 0 Å². The molecule has 9 rings (SSSR count). The van der Waals surface area contributed by atoms with Crippen molar-refractivity contribution in [2.75, 3.05) is 0 Å². The van der Waals surface area contributed by atoms with Crippen molar-refractivity contribution < 1.29 is 4.74 Å². The van der Waals surface area contributed by atoms with Crippen LogP contribution in [0.2, 0.25) is 0 Å². The molecule has 6 aliphatic rings. The van der Waals surface area contributed by atoms with Crippen LogP contribution in [0.3, 0.4) is 0 Å². The zero-order valence-corrected chi connectivity index (χ0v) is 20.0. The first-order valence-electron chi connectivity index (χ1n) is 11.2. The quantitative estimate of drug-likeness (QED) is 0.267. The Balaban J connectivity index is 1.29. The van der Waals surface area contributed by atoms with Crippen molar-refractivity contribution in [1.29, 1.82) is 0 Å². The van der Waals surface area contributed by atoms with Gasteiger partial charge < -0.3 is 4.74 Å². The zero-order chi connectivity index (χ0) is 20.4. The summed E-state index contributed by atoms with van der Waals surface area (Å²) in [6, 6.07) is 23.0. The van der Waals surface area contributed by atoms with E-state index < -0.39 is 0 Å². The van der Waals surface area contributed by atoms with Gasteiger partial charge in [-0.2, -0.15) is 0 Å². The van der Waals surface area contributed by atoms with Crippen LogP contribution >= 0.6 is 31.9 Å². The fraction of sp³-hybridized carbons (Fsp3) is 0.286. The minimum Gasteiger partial charge on any atom is -0.365 e. The highest BCUT2D eigenvalue weighted by atomic mass is 79.9. The van der Waals surface area contributed by atoms with Crippen LogP contribution < -0.4 is 0 Å². The monoisotopic (exact) mass is 530 g/mol. The summed E-state index contributed by atoms with van der Waals surface area (Å²) in [6.45, 7) is 0. The lowest BCUT2D eigenvalue weighted by molar-refractivity contribution is 0.0545. The van der Waals surface area contributed by atoms with Crippen molar-refractivity contribution in [2.24, 2.45) is 11.8 Å². The van der Waals surface area contributed by atoms with Crippen LogP contribution in [0.4, 0.5) is 0 Å². The fourth-order valence-electron chi connectivity index (χ4n) is 7.54. The van der Waals surface area contributed by atoms with Crippen molar-refractivity contribution in [3.05, 3.63) is 114 Å². The van der Waals surface area contributed by atoms with E-state index in [1.807, 2.05) is 0 Å². The van der Waals surface area contributed by atoms with Crippen molar-refractivity contribution in [3.8, 4) is 0 Å². The third-order valence-electron chi connectivity index (χ3n) is 8.62. The van der Waals surface area contributed by atoms with Gasteiger partial charge in [0.05, 0.1) is 12.2 Å². The molecule has 0 aromatic heterocycles. The Bertz CT molecular complexity index is 1190. The summed E-state index contributed by atoms with van der Waals surface area (Å²) in [4.78, 5) is 0. The van der Waals surface area contributed by atoms with E-state index in [9.17, 15) is 0 Å². The van der Waals surface area contributed by atoms with Crippen LogP contribution in [0, 0.1) is 11.8 Å². The minimum atomic E-state index is 0.245. The standard InChI is InChI=1S/C28H20Br2O/c29-23-11-21-22(12-24(23)30)28-20-10-18-17(9-19(20)27(21)31-28)25-13-5-1-2-6-14(13)26(18)16-8-4-3-7-15(16)25/h1-8,11-12,19-20,25-28H,9-10H2/t19-,20-,25?,26?,27+,28+/m0/s1. The van der Waals surface area contributed by atoms with Gasteiger partial charge in [0.25, 0.3) is 0 Å². The lowest BCUT2D eigenvalue weighted by atomic mass is 9.54. The Morgan fingerprint density at radius 3 is 1.35 bits per heavy atom. The van der Waals surface area contributed by atoms with Gasteiger partial charge in [0.2, 0.25) is 0 Å². The predicted octanol–water partition coefficient (Wildman–Crippen LogP) is 7.95. The van der Waals surface area contributed by atoms with Crippen LogP contribution in [0.15, 0.2) is 80.8 Å². The van der Waals surface area contributed by atoms with Gasteiger partial charge in [-0.1, -0.05) is 59.7 Å². The zero-order valence-electron chi connectivity index (χ0n) is 16.8. The number of ether oxygens (including phenoxy) is 1. The highest BCUT2D eigenvalue weighted by molar-refractivity contribution is 9.13. The van der Waals surface area contributed by atoms with Gasteiger partial charge in [-0.05, 0) is 102 Å². The normalized spacial score (nSPS) is 33.0. The molecule has 0 radical (unpaired) electrons. The molecule has 1 nitrogen and oxygen atoms in total. The van der Waals surface area contributed by atoms with E-state index in [1.54, 1.807) is 33.4 Å². The molecule has 2 heterocycles. The van der Waals surface area contributed by atoms with Crippen molar-refractivity contribution in [1.82, 2.24) is 0 Å². The van der Waals surface area contributed by atoms with Gasteiger partial charge in [0.15, 0.2) is 0 Å². The number of fused-ring (bicyclic) bond motifs is 8. The van der Waals surface area contributed by atoms with Crippen LogP contribution in [0.1, 0.15) is 70.3 Å². The molecule has 0 N–H and O–H groups in total. The van der Waals surface area contributed by atoms with Gasteiger partial charge in [-0.3, -0.25) is 0 Å². The average Bonchev–Trinajstić information content (AvgIpc) is 3.34. The number of hydrogen-bond donors (Lipinski definition) is 0. The Kier molecular flexibility index (Phi) is 3.45. The van der Waals surface area contributed by atoms with Crippen molar-refractivity contribution in [2.45, 2.75) is 36.9 Å². The Morgan fingerprint density at radius 1 is 0.581 bits per heavy atom. The maximum Gasteiger partial charge on any atom is 0.0872 e. The summed E-state index contributed by atoms with van der Waals surface area (Å²) in [5.41, 5.74) is 12.4. The lowest BCUT2D eigenvalue weighted by Gasteiger charge is -2.49. The van der Waals surface area contributed by atoms with E-state index in [0.29, 0.717) is 23.7 Å². The van der Waals surface area contributed by atoms with Crippen molar-refractivity contribution >= 4 is 31.9 Å². The first-order chi connectivity index (χ1) is 15.2. The first-order valence-corrected chi connectivity index (χ1v) is 12.8. The molecule has 0 amide bonds. The summed E-state index contributed by atoms with van der Waals surface area (Å²) >= 11 is 7.43. The molecule has 2 aliphatic heterocycles. The topological polar surface area (TPSA) is 9.23 Å². The highest BCUT2D eigenvalue weighted by Gasteiger charge is 2.57. The third-order valence-corrected chi connectivity index (χ3v) is 10.5. The summed E-state index contributed by atoms with van der Waals surface area (Å²) < 4.78 is 8.95. The van der Waals surface area contributed by atoms with E-state index in [1.165, 1.54) is 24.0 Å². The van der Waals surface area contributed by atoms with Crippen molar-refractivity contribution in [3.63, 3.8) is 0 Å². The Labute approximate surface area is 198 Å². The van der Waals surface area contributed by atoms with Gasteiger partial charge in [0, 0.05) is 20.8 Å². The second kappa shape index (κ2) is 6.01. The second-order valence-electron chi connectivity index (χ2n) is 9.78. The molecule has 152 valence electrons. The maximum absolute atomic E-state index is 6.68. The van der Waals surface area contributed by atoms with E-state index in [2.05, 4.69) is 92.5 Å². The smallest absolute Gasteiger partial charge is 0.0872 e. The molecule has 1 fully saturated rings. The molecule has 0 saturated carbocycles. The van der Waals surface area contributed by atoms with Gasteiger partial charge in [0.1, 0.15) is 0 Å². The Hall–Kier alpha value is -1.68. The van der Waals surface area contributed by atoms with Gasteiger partial charge in [-0.25, -0.2) is 0 Å². The SMILES string of the molecule is Brc1cc2c(cc1Br)[C@@H]1O[C@@H]2[C@H]2CC3=C(C[C@@H]21)C1c2ccccc2C3c2ccccc21. The molecule has 4 aliphatic carbocycles. The first kappa shape index (κ1) is 17.8.